The highest BCUT2D eigenvalue weighted by Crippen LogP contribution is 2.32. The quantitative estimate of drug-likeness (QED) is 0.766. The third kappa shape index (κ3) is 2.45. The average molecular weight is 218 g/mol. The van der Waals surface area contributed by atoms with Crippen molar-refractivity contribution >= 4 is 0 Å². The van der Waals surface area contributed by atoms with Gasteiger partial charge in [0.05, 0.1) is 0 Å². The molecule has 88 valence electrons. The lowest BCUT2D eigenvalue weighted by atomic mass is 9.91. The molecule has 2 rings (SSSR count). The summed E-state index contributed by atoms with van der Waals surface area (Å²) in [4.78, 5) is 4.79. The van der Waals surface area contributed by atoms with Crippen molar-refractivity contribution in [2.24, 2.45) is 0 Å². The van der Waals surface area contributed by atoms with Gasteiger partial charge in [-0.25, -0.2) is 0 Å². The van der Waals surface area contributed by atoms with Gasteiger partial charge in [0.15, 0.2) is 0 Å². The second kappa shape index (κ2) is 4.98. The van der Waals surface area contributed by atoms with Crippen molar-refractivity contribution in [3.05, 3.63) is 35.9 Å². The minimum absolute atomic E-state index is 0.664. The number of likely N-dealkylation sites (tertiary alicyclic amines) is 1. The highest BCUT2D eigenvalue weighted by atomic mass is 15.2. The van der Waals surface area contributed by atoms with E-state index in [0.717, 1.165) is 6.54 Å². The summed E-state index contributed by atoms with van der Waals surface area (Å²) in [5, 5.41) is 0. The van der Waals surface area contributed by atoms with Crippen LogP contribution in [0.2, 0.25) is 0 Å². The van der Waals surface area contributed by atoms with Crippen molar-refractivity contribution < 1.29 is 0 Å². The van der Waals surface area contributed by atoms with Crippen LogP contribution in [-0.2, 0) is 0 Å². The van der Waals surface area contributed by atoms with Gasteiger partial charge in [-0.1, -0.05) is 30.3 Å². The average Bonchev–Trinajstić information content (AvgIpc) is 2.61. The molecule has 0 aliphatic carbocycles. The van der Waals surface area contributed by atoms with Gasteiger partial charge < -0.3 is 9.80 Å². The Morgan fingerprint density at radius 3 is 2.56 bits per heavy atom. The van der Waals surface area contributed by atoms with Crippen molar-refractivity contribution in [1.29, 1.82) is 0 Å². The summed E-state index contributed by atoms with van der Waals surface area (Å²) >= 11 is 0. The first-order valence-corrected chi connectivity index (χ1v) is 6.08. The van der Waals surface area contributed by atoms with Crippen molar-refractivity contribution in [2.75, 3.05) is 34.2 Å². The minimum Gasteiger partial charge on any atom is -0.308 e. The van der Waals surface area contributed by atoms with E-state index in [1.807, 2.05) is 0 Å². The number of benzene rings is 1. The fraction of sp³-hybridized carbons (Fsp3) is 0.571. The second-order valence-electron chi connectivity index (χ2n) is 5.12. The number of hydrogen-bond donors (Lipinski definition) is 0. The summed E-state index contributed by atoms with van der Waals surface area (Å²) < 4.78 is 0. The third-order valence-electron chi connectivity index (χ3n) is 3.60. The van der Waals surface area contributed by atoms with Crippen molar-refractivity contribution in [2.45, 2.75) is 18.4 Å². The minimum atomic E-state index is 0.664. The van der Waals surface area contributed by atoms with Gasteiger partial charge in [0.25, 0.3) is 0 Å². The third-order valence-corrected chi connectivity index (χ3v) is 3.60. The molecule has 1 aliphatic rings. The lowest BCUT2D eigenvalue weighted by Gasteiger charge is -2.28. The summed E-state index contributed by atoms with van der Waals surface area (Å²) in [6.45, 7) is 2.37. The predicted molar refractivity (Wildman–Crippen MR) is 68.8 cm³/mol. The van der Waals surface area contributed by atoms with Gasteiger partial charge in [-0.3, -0.25) is 0 Å². The van der Waals surface area contributed by atoms with Gasteiger partial charge in [0.2, 0.25) is 0 Å². The Balaban J connectivity index is 2.14. The molecule has 2 atom stereocenters. The van der Waals surface area contributed by atoms with Gasteiger partial charge in [0.1, 0.15) is 0 Å². The van der Waals surface area contributed by atoms with Crippen LogP contribution in [0.15, 0.2) is 30.3 Å². The van der Waals surface area contributed by atoms with E-state index in [1.54, 1.807) is 0 Å². The molecule has 0 unspecified atom stereocenters. The molecule has 1 heterocycles. The van der Waals surface area contributed by atoms with Gasteiger partial charge >= 0.3 is 0 Å². The number of rotatable bonds is 3. The summed E-state index contributed by atoms with van der Waals surface area (Å²) in [5.41, 5.74) is 1.50. The molecule has 1 fully saturated rings. The van der Waals surface area contributed by atoms with E-state index in [9.17, 15) is 0 Å². The van der Waals surface area contributed by atoms with Crippen LogP contribution >= 0.6 is 0 Å². The van der Waals surface area contributed by atoms with Crippen LogP contribution in [0.4, 0.5) is 0 Å². The molecular weight excluding hydrogens is 196 g/mol. The Hall–Kier alpha value is -0.860. The summed E-state index contributed by atoms with van der Waals surface area (Å²) in [6.07, 6.45) is 1.29. The molecule has 1 aliphatic heterocycles. The second-order valence-corrected chi connectivity index (χ2v) is 5.12. The molecule has 0 saturated carbocycles. The molecule has 1 aromatic carbocycles. The number of likely N-dealkylation sites (N-methyl/N-ethyl adjacent to an activating group) is 2. The highest BCUT2D eigenvalue weighted by molar-refractivity contribution is 5.23. The monoisotopic (exact) mass is 218 g/mol. The van der Waals surface area contributed by atoms with E-state index < -0.39 is 0 Å². The highest BCUT2D eigenvalue weighted by Gasteiger charge is 2.32. The normalized spacial score (nSPS) is 26.5. The fourth-order valence-electron chi connectivity index (χ4n) is 2.74. The maximum Gasteiger partial charge on any atom is 0.0288 e. The van der Waals surface area contributed by atoms with Crippen molar-refractivity contribution in [1.82, 2.24) is 9.80 Å². The van der Waals surface area contributed by atoms with E-state index in [2.05, 4.69) is 61.3 Å². The lowest BCUT2D eigenvalue weighted by Crippen LogP contribution is -2.37. The molecule has 0 N–H and O–H groups in total. The van der Waals surface area contributed by atoms with Crippen LogP contribution in [0.3, 0.4) is 0 Å². The Morgan fingerprint density at radius 1 is 1.25 bits per heavy atom. The summed E-state index contributed by atoms with van der Waals surface area (Å²) in [6, 6.07) is 11.6. The molecule has 0 aromatic heterocycles. The van der Waals surface area contributed by atoms with Crippen LogP contribution in [-0.4, -0.2) is 50.1 Å². The van der Waals surface area contributed by atoms with Crippen molar-refractivity contribution in [3.8, 4) is 0 Å². The smallest absolute Gasteiger partial charge is 0.0288 e. The first-order valence-electron chi connectivity index (χ1n) is 6.08. The van der Waals surface area contributed by atoms with Crippen LogP contribution in [0.5, 0.6) is 0 Å². The fourth-order valence-corrected chi connectivity index (χ4v) is 2.74. The van der Waals surface area contributed by atoms with E-state index in [4.69, 9.17) is 0 Å². The Kier molecular flexibility index (Phi) is 3.62. The Morgan fingerprint density at radius 2 is 1.94 bits per heavy atom. The molecule has 2 heteroatoms. The Labute approximate surface area is 98.9 Å². The summed E-state index contributed by atoms with van der Waals surface area (Å²) in [5.74, 6) is 0.702. The lowest BCUT2D eigenvalue weighted by molar-refractivity contribution is 0.232. The molecule has 0 bridgehead atoms. The van der Waals surface area contributed by atoms with E-state index in [1.165, 1.54) is 18.5 Å². The SMILES string of the molecule is CN(C)C[C@@H]1[C@@H](c2ccccc2)CCN1C. The van der Waals surface area contributed by atoms with E-state index >= 15 is 0 Å². The van der Waals surface area contributed by atoms with Gasteiger partial charge in [-0.2, -0.15) is 0 Å². The largest absolute Gasteiger partial charge is 0.308 e. The zero-order chi connectivity index (χ0) is 11.5. The van der Waals surface area contributed by atoms with Gasteiger partial charge in [-0.05, 0) is 39.7 Å². The molecule has 16 heavy (non-hydrogen) atoms. The molecule has 1 aromatic rings. The van der Waals surface area contributed by atoms with Gasteiger partial charge in [0, 0.05) is 18.5 Å². The van der Waals surface area contributed by atoms with Gasteiger partial charge in [-0.15, -0.1) is 0 Å². The van der Waals surface area contributed by atoms with Crippen LogP contribution in [0.25, 0.3) is 0 Å². The first-order chi connectivity index (χ1) is 7.68. The van der Waals surface area contributed by atoms with Crippen molar-refractivity contribution in [3.63, 3.8) is 0 Å². The Bertz CT molecular complexity index is 321. The van der Waals surface area contributed by atoms with E-state index in [0.29, 0.717) is 12.0 Å². The molecular formula is C14H22N2. The predicted octanol–water partition coefficient (Wildman–Crippen LogP) is 2.04. The van der Waals surface area contributed by atoms with Crippen LogP contribution in [0, 0.1) is 0 Å². The zero-order valence-electron chi connectivity index (χ0n) is 10.6. The molecule has 2 nitrogen and oxygen atoms in total. The maximum absolute atomic E-state index is 2.50. The number of nitrogens with zero attached hydrogens (tertiary/aromatic N) is 2. The molecule has 1 saturated heterocycles. The standard InChI is InChI=1S/C14H22N2/c1-15(2)11-14-13(9-10-16(14)3)12-7-5-4-6-8-12/h4-8,13-14H,9-11H2,1-3H3/t13-,14-/m1/s1. The van der Waals surface area contributed by atoms with E-state index in [-0.39, 0.29) is 0 Å². The number of hydrogen-bond acceptors (Lipinski definition) is 2. The molecule has 0 spiro atoms. The van der Waals surface area contributed by atoms with Crippen LogP contribution < -0.4 is 0 Å². The first kappa shape index (κ1) is 11.6. The summed E-state index contributed by atoms with van der Waals surface area (Å²) in [7, 11) is 6.57. The zero-order valence-corrected chi connectivity index (χ0v) is 10.6. The molecule has 0 radical (unpaired) electrons. The maximum atomic E-state index is 2.50. The van der Waals surface area contributed by atoms with Crippen LogP contribution in [0.1, 0.15) is 17.9 Å². The molecule has 0 amide bonds. The topological polar surface area (TPSA) is 6.48 Å².